The van der Waals surface area contributed by atoms with Gasteiger partial charge < -0.3 is 5.73 Å². The Balaban J connectivity index is 2.59. The lowest BCUT2D eigenvalue weighted by atomic mass is 10.00. The molecule has 0 spiro atoms. The third-order valence-corrected chi connectivity index (χ3v) is 7.07. The Bertz CT molecular complexity index is 1630. The largest absolute Gasteiger partial charge is 0.398 e. The van der Waals surface area contributed by atoms with Gasteiger partial charge in [-0.15, -0.1) is 0 Å². The molecule has 0 unspecified atom stereocenters. The van der Waals surface area contributed by atoms with Gasteiger partial charge >= 0.3 is 0 Å². The average molecular weight is 504 g/mol. The third kappa shape index (κ3) is 4.27. The van der Waals surface area contributed by atoms with Crippen LogP contribution in [0.1, 0.15) is 0 Å². The van der Waals surface area contributed by atoms with E-state index in [0.717, 1.165) is 36.4 Å². The van der Waals surface area contributed by atoms with E-state index in [-0.39, 0.29) is 11.3 Å². The highest BCUT2D eigenvalue weighted by Crippen LogP contribution is 2.39. The molecule has 0 radical (unpaired) electrons. The number of anilines is 1. The molecule has 0 aliphatic rings. The highest BCUT2D eigenvalue weighted by molar-refractivity contribution is 7.86. The lowest BCUT2D eigenvalue weighted by Crippen LogP contribution is -2.07. The molecular weight excluding hydrogens is 492 g/mol. The van der Waals surface area contributed by atoms with Crippen LogP contribution in [-0.2, 0) is 30.4 Å². The van der Waals surface area contributed by atoms with Crippen molar-refractivity contribution in [3.8, 4) is 11.1 Å². The Morgan fingerprint density at radius 3 is 1.81 bits per heavy atom. The number of non-ortho nitro benzene ring substituents is 1. The second-order valence-electron chi connectivity index (χ2n) is 6.41. The Kier molecular flexibility index (Phi) is 5.49. The summed E-state index contributed by atoms with van der Waals surface area (Å²) in [6.07, 6.45) is 0. The van der Waals surface area contributed by atoms with Crippen LogP contribution in [0.25, 0.3) is 21.9 Å². The van der Waals surface area contributed by atoms with Crippen molar-refractivity contribution in [2.75, 3.05) is 5.73 Å². The summed E-state index contributed by atoms with van der Waals surface area (Å²) in [5.74, 6) is 0. The van der Waals surface area contributed by atoms with Gasteiger partial charge in [0.2, 0.25) is 0 Å². The summed E-state index contributed by atoms with van der Waals surface area (Å²) < 4.78 is 100. The molecule has 170 valence electrons. The first-order chi connectivity index (χ1) is 14.5. The van der Waals surface area contributed by atoms with Crippen molar-refractivity contribution in [1.29, 1.82) is 0 Å². The van der Waals surface area contributed by atoms with Crippen LogP contribution in [0.4, 0.5) is 11.4 Å². The maximum absolute atomic E-state index is 12.0. The molecule has 0 amide bonds. The molecule has 3 aromatic carbocycles. The lowest BCUT2D eigenvalue weighted by molar-refractivity contribution is -0.385. The predicted molar refractivity (Wildman–Crippen MR) is 110 cm³/mol. The van der Waals surface area contributed by atoms with E-state index in [0.29, 0.717) is 6.07 Å². The molecule has 0 saturated carbocycles. The second-order valence-corrected chi connectivity index (χ2v) is 10.6. The molecule has 3 rings (SSSR count). The molecule has 0 heterocycles. The van der Waals surface area contributed by atoms with Gasteiger partial charge in [-0.2, -0.15) is 25.3 Å². The molecule has 32 heavy (non-hydrogen) atoms. The normalized spacial score (nSPS) is 12.7. The van der Waals surface area contributed by atoms with Gasteiger partial charge in [-0.25, -0.2) is 0 Å². The van der Waals surface area contributed by atoms with Crippen molar-refractivity contribution < 1.29 is 43.8 Å². The van der Waals surface area contributed by atoms with Crippen LogP contribution < -0.4 is 5.73 Å². The van der Waals surface area contributed by atoms with Crippen LogP contribution in [0.15, 0.2) is 57.2 Å². The number of nitrogen functional groups attached to an aromatic ring is 1. The minimum absolute atomic E-state index is 0.301. The lowest BCUT2D eigenvalue weighted by Gasteiger charge is -2.14. The van der Waals surface area contributed by atoms with Gasteiger partial charge in [0.1, 0.15) is 14.7 Å². The number of hydrogen-bond acceptors (Lipinski definition) is 9. The summed E-state index contributed by atoms with van der Waals surface area (Å²) in [6.45, 7) is 0. The third-order valence-electron chi connectivity index (χ3n) is 4.39. The number of nitro benzene ring substituents is 1. The van der Waals surface area contributed by atoms with E-state index in [1.165, 1.54) is 0 Å². The molecule has 0 fully saturated rings. The Labute approximate surface area is 180 Å². The van der Waals surface area contributed by atoms with E-state index in [1.807, 2.05) is 0 Å². The molecule has 3 aromatic rings. The van der Waals surface area contributed by atoms with Crippen molar-refractivity contribution in [3.63, 3.8) is 0 Å². The SMILES string of the molecule is Nc1ccc(S(=O)(=O)O)c2cc(-c3ccc([N+](=O)[O-])cc3S(=O)(=O)O)cc(S(=O)(=O)O)c12. The minimum Gasteiger partial charge on any atom is -0.398 e. The van der Waals surface area contributed by atoms with Gasteiger partial charge in [-0.3, -0.25) is 23.8 Å². The van der Waals surface area contributed by atoms with Crippen LogP contribution in [0, 0.1) is 10.1 Å². The fraction of sp³-hybridized carbons (Fsp3) is 0. The summed E-state index contributed by atoms with van der Waals surface area (Å²) in [6, 6.07) is 5.71. The van der Waals surface area contributed by atoms with Gasteiger partial charge in [0.15, 0.2) is 0 Å². The summed E-state index contributed by atoms with van der Waals surface area (Å²) in [4.78, 5) is 7.30. The molecule has 13 nitrogen and oxygen atoms in total. The maximum atomic E-state index is 12.0. The van der Waals surface area contributed by atoms with Gasteiger partial charge in [0.25, 0.3) is 36.0 Å². The van der Waals surface area contributed by atoms with E-state index in [2.05, 4.69) is 0 Å². The number of hydrogen-bond donors (Lipinski definition) is 4. The molecular formula is C16H12N2O11S3. The van der Waals surface area contributed by atoms with E-state index in [4.69, 9.17) is 5.73 Å². The highest BCUT2D eigenvalue weighted by Gasteiger charge is 2.26. The minimum atomic E-state index is -5.09. The van der Waals surface area contributed by atoms with E-state index in [1.54, 1.807) is 0 Å². The van der Waals surface area contributed by atoms with E-state index in [9.17, 15) is 49.0 Å². The van der Waals surface area contributed by atoms with Crippen molar-refractivity contribution in [2.24, 2.45) is 0 Å². The smallest absolute Gasteiger partial charge is 0.295 e. The fourth-order valence-electron chi connectivity index (χ4n) is 3.11. The van der Waals surface area contributed by atoms with E-state index < -0.39 is 72.0 Å². The Morgan fingerprint density at radius 1 is 0.750 bits per heavy atom. The summed E-state index contributed by atoms with van der Waals surface area (Å²) >= 11 is 0. The topological polar surface area (TPSA) is 232 Å². The highest BCUT2D eigenvalue weighted by atomic mass is 32.2. The first-order valence-corrected chi connectivity index (χ1v) is 12.4. The first kappa shape index (κ1) is 23.5. The van der Waals surface area contributed by atoms with Gasteiger partial charge in [0.05, 0.1) is 4.92 Å². The molecule has 0 atom stereocenters. The molecule has 0 aromatic heterocycles. The van der Waals surface area contributed by atoms with Crippen molar-refractivity contribution in [2.45, 2.75) is 14.7 Å². The number of nitrogens with zero attached hydrogens (tertiary/aromatic N) is 1. The molecule has 0 saturated heterocycles. The average Bonchev–Trinajstić information content (AvgIpc) is 2.64. The zero-order valence-electron chi connectivity index (χ0n) is 15.4. The van der Waals surface area contributed by atoms with Crippen LogP contribution >= 0.6 is 0 Å². The zero-order chi connectivity index (χ0) is 24.2. The van der Waals surface area contributed by atoms with Crippen LogP contribution in [0.2, 0.25) is 0 Å². The van der Waals surface area contributed by atoms with Crippen molar-refractivity contribution >= 4 is 52.5 Å². The Morgan fingerprint density at radius 2 is 1.31 bits per heavy atom. The van der Waals surface area contributed by atoms with Crippen molar-refractivity contribution in [3.05, 3.63) is 52.6 Å². The maximum Gasteiger partial charge on any atom is 0.295 e. The van der Waals surface area contributed by atoms with Gasteiger partial charge in [-0.1, -0.05) is 0 Å². The second kappa shape index (κ2) is 7.47. The molecule has 5 N–H and O–H groups in total. The molecule has 0 aliphatic heterocycles. The summed E-state index contributed by atoms with van der Waals surface area (Å²) in [5, 5.41) is 10.0. The summed E-state index contributed by atoms with van der Waals surface area (Å²) in [7, 11) is -15.1. The quantitative estimate of drug-likeness (QED) is 0.168. The van der Waals surface area contributed by atoms with Crippen LogP contribution in [0.3, 0.4) is 0 Å². The number of rotatable bonds is 5. The number of fused-ring (bicyclic) bond motifs is 1. The number of benzene rings is 3. The summed E-state index contributed by atoms with van der Waals surface area (Å²) in [5.41, 5.74) is 3.87. The van der Waals surface area contributed by atoms with Crippen LogP contribution in [-0.4, -0.2) is 43.8 Å². The predicted octanol–water partition coefficient (Wildman–Crippen LogP) is 1.74. The number of nitro groups is 1. The first-order valence-electron chi connectivity index (χ1n) is 8.09. The van der Waals surface area contributed by atoms with Crippen molar-refractivity contribution in [1.82, 2.24) is 0 Å². The van der Waals surface area contributed by atoms with Gasteiger partial charge in [0, 0.05) is 34.2 Å². The molecule has 0 bridgehead atoms. The standard InChI is InChI=1S/C16H12N2O11S3/c17-12-3-4-13(30(21,22)23)11-5-8(6-15(16(11)12)32(27,28)29)10-2-1-9(18(19)20)7-14(10)31(24,25)26/h1-7H,17H2,(H,21,22,23)(H,24,25,26)(H,27,28,29). The number of nitrogens with two attached hydrogens (primary N) is 1. The zero-order valence-corrected chi connectivity index (χ0v) is 17.8. The van der Waals surface area contributed by atoms with E-state index >= 15 is 0 Å². The van der Waals surface area contributed by atoms with Crippen LogP contribution in [0.5, 0.6) is 0 Å². The Hall–Kier alpha value is -3.15. The monoisotopic (exact) mass is 504 g/mol. The molecule has 0 aliphatic carbocycles. The molecule has 16 heteroatoms. The van der Waals surface area contributed by atoms with Gasteiger partial charge in [-0.05, 0) is 35.9 Å². The fourth-order valence-corrected chi connectivity index (χ4v) is 5.28.